The first-order valence-electron chi connectivity index (χ1n) is 13.5. The Morgan fingerprint density at radius 1 is 1.07 bits per heavy atom. The predicted octanol–water partition coefficient (Wildman–Crippen LogP) is 5.44. The normalized spacial score (nSPS) is 14.4. The second-order valence-corrected chi connectivity index (χ2v) is 10.3. The minimum Gasteiger partial charge on any atom is -0.493 e. The molecule has 0 aliphatic carbocycles. The Morgan fingerprint density at radius 3 is 2.51 bits per heavy atom. The van der Waals surface area contributed by atoms with Crippen LogP contribution in [0.15, 0.2) is 71.0 Å². The lowest BCUT2D eigenvalue weighted by Crippen LogP contribution is -2.45. The van der Waals surface area contributed by atoms with Crippen molar-refractivity contribution < 1.29 is 37.7 Å². The summed E-state index contributed by atoms with van der Waals surface area (Å²) in [4.78, 5) is 37.1. The molecule has 0 saturated carbocycles. The third-order valence-electron chi connectivity index (χ3n) is 6.34. The van der Waals surface area contributed by atoms with Crippen molar-refractivity contribution in [3.8, 4) is 17.2 Å². The summed E-state index contributed by atoms with van der Waals surface area (Å²) in [5.74, 6) is -0.792. The maximum Gasteiger partial charge on any atom is 0.338 e. The first-order chi connectivity index (χ1) is 21.6. The lowest BCUT2D eigenvalue weighted by Gasteiger charge is -2.28. The molecule has 0 bridgehead atoms. The van der Waals surface area contributed by atoms with E-state index in [0.29, 0.717) is 22.4 Å². The molecule has 45 heavy (non-hydrogen) atoms. The number of carbonyl (C=O) groups excluding carboxylic acids is 3. The highest BCUT2D eigenvalue weighted by Gasteiger charge is 2.32. The number of allylic oxidation sites excluding steroid dienone is 1. The molecule has 0 fully saturated rings. The maximum absolute atomic E-state index is 13.4. The summed E-state index contributed by atoms with van der Waals surface area (Å²) < 4.78 is 35.3. The van der Waals surface area contributed by atoms with E-state index in [1.807, 2.05) is 0 Å². The zero-order valence-corrected chi connectivity index (χ0v) is 25.9. The van der Waals surface area contributed by atoms with Gasteiger partial charge in [-0.15, -0.1) is 0 Å². The van der Waals surface area contributed by atoms with Crippen molar-refractivity contribution in [2.24, 2.45) is 5.10 Å². The smallest absolute Gasteiger partial charge is 0.338 e. The standard InChI is InChI=1S/C31H29Cl2FN4O7/c1-4-43-30(40)27-17(2)36-31(41)37-28(27)20-8-9-24(25(13-20)42-3)44-16-26(39)38-35-14-19-11-22(32)29(23(33)12-19)45-15-18-6-5-7-21(34)10-18/h5-14,28H,4,15-16H2,1-3H3,(H,38,39)(H2,36,37,41)/b35-14-/t28-/m1/s1. The number of nitrogens with one attached hydrogen (secondary N) is 3. The van der Waals surface area contributed by atoms with Crippen molar-refractivity contribution >= 4 is 47.3 Å². The number of hydrogen-bond acceptors (Lipinski definition) is 8. The molecule has 1 heterocycles. The van der Waals surface area contributed by atoms with Gasteiger partial charge in [-0.1, -0.05) is 41.4 Å². The van der Waals surface area contributed by atoms with Crippen LogP contribution in [-0.4, -0.2) is 44.4 Å². The summed E-state index contributed by atoms with van der Waals surface area (Å²) in [5, 5.41) is 9.61. The fourth-order valence-electron chi connectivity index (χ4n) is 4.33. The van der Waals surface area contributed by atoms with Crippen LogP contribution < -0.4 is 30.3 Å². The number of halogens is 3. The van der Waals surface area contributed by atoms with Crippen LogP contribution in [0, 0.1) is 5.82 Å². The van der Waals surface area contributed by atoms with E-state index in [0.717, 1.165) is 0 Å². The van der Waals surface area contributed by atoms with Crippen molar-refractivity contribution in [1.29, 1.82) is 0 Å². The van der Waals surface area contributed by atoms with Gasteiger partial charge in [0.05, 0.1) is 41.6 Å². The first kappa shape index (κ1) is 33.1. The number of carbonyl (C=O) groups is 3. The third-order valence-corrected chi connectivity index (χ3v) is 6.90. The molecule has 3 aromatic carbocycles. The molecule has 0 radical (unpaired) electrons. The molecule has 0 aromatic heterocycles. The van der Waals surface area contributed by atoms with E-state index in [2.05, 4.69) is 21.2 Å². The number of rotatable bonds is 12. The Morgan fingerprint density at radius 2 is 1.82 bits per heavy atom. The number of benzene rings is 3. The molecule has 4 rings (SSSR count). The SMILES string of the molecule is CCOC(=O)C1=C(C)NC(=O)N[C@@H]1c1ccc(OCC(=O)N/N=C\c2cc(Cl)c(OCc3cccc(F)c3)c(Cl)c2)c(OC)c1. The Balaban J connectivity index is 1.36. The number of methoxy groups -OCH3 is 1. The molecular weight excluding hydrogens is 630 g/mol. The molecule has 11 nitrogen and oxygen atoms in total. The van der Waals surface area contributed by atoms with Crippen LogP contribution in [0.25, 0.3) is 0 Å². The Kier molecular flexibility index (Phi) is 11.2. The molecule has 14 heteroatoms. The lowest BCUT2D eigenvalue weighted by atomic mass is 9.95. The molecule has 236 valence electrons. The Bertz CT molecular complexity index is 1640. The fraction of sp³-hybridized carbons (Fsp3) is 0.226. The van der Waals surface area contributed by atoms with E-state index in [4.69, 9.17) is 42.1 Å². The molecule has 0 spiro atoms. The number of hydrazone groups is 1. The molecule has 3 N–H and O–H groups in total. The average Bonchev–Trinajstić information content (AvgIpc) is 2.99. The van der Waals surface area contributed by atoms with Gasteiger partial charge in [0.2, 0.25) is 0 Å². The van der Waals surface area contributed by atoms with Gasteiger partial charge in [-0.05, 0) is 66.9 Å². The van der Waals surface area contributed by atoms with Crippen LogP contribution in [0.5, 0.6) is 17.2 Å². The van der Waals surface area contributed by atoms with E-state index in [9.17, 15) is 18.8 Å². The van der Waals surface area contributed by atoms with Crippen LogP contribution in [0.2, 0.25) is 10.0 Å². The van der Waals surface area contributed by atoms with Gasteiger partial charge in [0.1, 0.15) is 12.4 Å². The second-order valence-electron chi connectivity index (χ2n) is 9.52. The Hall–Kier alpha value is -4.81. The number of ether oxygens (including phenoxy) is 4. The second kappa shape index (κ2) is 15.3. The summed E-state index contributed by atoms with van der Waals surface area (Å²) in [6.45, 7) is 3.12. The van der Waals surface area contributed by atoms with Gasteiger partial charge in [0.15, 0.2) is 23.9 Å². The van der Waals surface area contributed by atoms with Gasteiger partial charge in [0, 0.05) is 5.70 Å². The van der Waals surface area contributed by atoms with Gasteiger partial charge in [-0.2, -0.15) is 5.10 Å². The molecule has 0 saturated heterocycles. The number of nitrogens with zero attached hydrogens (tertiary/aromatic N) is 1. The number of amides is 3. The quantitative estimate of drug-likeness (QED) is 0.134. The van der Waals surface area contributed by atoms with Crippen molar-refractivity contribution in [3.63, 3.8) is 0 Å². The highest BCUT2D eigenvalue weighted by Crippen LogP contribution is 2.36. The number of hydrogen-bond donors (Lipinski definition) is 3. The van der Waals surface area contributed by atoms with Crippen LogP contribution in [0.4, 0.5) is 9.18 Å². The molecule has 1 aliphatic heterocycles. The first-order valence-corrected chi connectivity index (χ1v) is 14.3. The highest BCUT2D eigenvalue weighted by molar-refractivity contribution is 6.37. The van der Waals surface area contributed by atoms with E-state index >= 15 is 0 Å². The minimum atomic E-state index is -0.797. The van der Waals surface area contributed by atoms with Gasteiger partial charge in [-0.25, -0.2) is 19.4 Å². The van der Waals surface area contributed by atoms with E-state index in [1.165, 1.54) is 25.5 Å². The zero-order valence-electron chi connectivity index (χ0n) is 24.4. The van der Waals surface area contributed by atoms with E-state index in [1.54, 1.807) is 56.3 Å². The maximum atomic E-state index is 13.4. The summed E-state index contributed by atoms with van der Waals surface area (Å²) in [6, 6.07) is 12.6. The highest BCUT2D eigenvalue weighted by atomic mass is 35.5. The van der Waals surface area contributed by atoms with Crippen LogP contribution >= 0.6 is 23.2 Å². The van der Waals surface area contributed by atoms with E-state index in [-0.39, 0.29) is 51.9 Å². The van der Waals surface area contributed by atoms with Crippen molar-refractivity contribution in [2.75, 3.05) is 20.3 Å². The fourth-order valence-corrected chi connectivity index (χ4v) is 4.95. The largest absolute Gasteiger partial charge is 0.493 e. The van der Waals surface area contributed by atoms with Crippen LogP contribution in [-0.2, 0) is 20.9 Å². The van der Waals surface area contributed by atoms with Gasteiger partial charge in [-0.3, -0.25) is 4.79 Å². The topological polar surface area (TPSA) is 137 Å². The molecule has 1 aliphatic rings. The van der Waals surface area contributed by atoms with Gasteiger partial charge in [0.25, 0.3) is 5.91 Å². The van der Waals surface area contributed by atoms with Crippen LogP contribution in [0.3, 0.4) is 0 Å². The summed E-state index contributed by atoms with van der Waals surface area (Å²) in [7, 11) is 1.42. The molecule has 3 aromatic rings. The summed E-state index contributed by atoms with van der Waals surface area (Å²) >= 11 is 12.6. The van der Waals surface area contributed by atoms with Crippen LogP contribution in [0.1, 0.15) is 36.6 Å². The lowest BCUT2D eigenvalue weighted by molar-refractivity contribution is -0.139. The monoisotopic (exact) mass is 658 g/mol. The van der Waals surface area contributed by atoms with E-state index < -0.39 is 30.6 Å². The number of urea groups is 1. The molecule has 3 amide bonds. The summed E-state index contributed by atoms with van der Waals surface area (Å²) in [5.41, 5.74) is 4.59. The van der Waals surface area contributed by atoms with Crippen molar-refractivity contribution in [2.45, 2.75) is 26.5 Å². The zero-order chi connectivity index (χ0) is 32.5. The van der Waals surface area contributed by atoms with Crippen molar-refractivity contribution in [1.82, 2.24) is 16.1 Å². The third kappa shape index (κ3) is 8.64. The van der Waals surface area contributed by atoms with Gasteiger partial charge < -0.3 is 29.6 Å². The average molecular weight is 659 g/mol. The summed E-state index contributed by atoms with van der Waals surface area (Å²) in [6.07, 6.45) is 1.34. The predicted molar refractivity (Wildman–Crippen MR) is 165 cm³/mol. The Labute approximate surface area is 268 Å². The minimum absolute atomic E-state index is 0.0637. The van der Waals surface area contributed by atoms with Gasteiger partial charge >= 0.3 is 12.0 Å². The molecule has 0 unspecified atom stereocenters. The number of esters is 1. The molecular formula is C31H29Cl2FN4O7. The van der Waals surface area contributed by atoms with Crippen molar-refractivity contribution in [3.05, 3.63) is 98.4 Å². The molecule has 1 atom stereocenters.